The monoisotopic (exact) mass is 202 g/mol. The fourth-order valence-corrected chi connectivity index (χ4v) is 1.46. The molecule has 0 aromatic heterocycles. The van der Waals surface area contributed by atoms with Crippen molar-refractivity contribution in [1.29, 1.82) is 0 Å². The highest BCUT2D eigenvalue weighted by Crippen LogP contribution is 2.23. The molecule has 52 valence electrons. The lowest BCUT2D eigenvalue weighted by molar-refractivity contribution is 0.477. The van der Waals surface area contributed by atoms with E-state index in [2.05, 4.69) is 13.2 Å². The van der Waals surface area contributed by atoms with Crippen LogP contribution in [0.2, 0.25) is 0 Å². The summed E-state index contributed by atoms with van der Waals surface area (Å²) in [6, 6.07) is 0. The summed E-state index contributed by atoms with van der Waals surface area (Å²) in [6.07, 6.45) is -1.61. The van der Waals surface area contributed by atoms with Crippen molar-refractivity contribution in [2.24, 2.45) is 0 Å². The molecule has 0 bridgehead atoms. The average Bonchev–Trinajstić information content (AvgIpc) is 1.62. The standard InChI is InChI=1S/C4H5Cl3OSi/c1-3-4(2)8-9(5,6)7/h3H,1-2H2. The number of hydrogen-bond donors (Lipinski definition) is 0. The summed E-state index contributed by atoms with van der Waals surface area (Å²) in [7, 11) is 0. The summed E-state index contributed by atoms with van der Waals surface area (Å²) in [4.78, 5) is 0. The van der Waals surface area contributed by atoms with E-state index in [4.69, 9.17) is 37.7 Å². The largest absolute Gasteiger partial charge is 0.555 e. The number of hydrogen-bond acceptors (Lipinski definition) is 1. The van der Waals surface area contributed by atoms with Crippen molar-refractivity contribution in [2.45, 2.75) is 0 Å². The molecule has 0 unspecified atom stereocenters. The maximum absolute atomic E-state index is 5.35. The molecule has 9 heavy (non-hydrogen) atoms. The molecular weight excluding hydrogens is 198 g/mol. The molecule has 0 aromatic rings. The van der Waals surface area contributed by atoms with Gasteiger partial charge in [0.15, 0.2) is 0 Å². The summed E-state index contributed by atoms with van der Waals surface area (Å²) < 4.78 is 4.71. The summed E-state index contributed by atoms with van der Waals surface area (Å²) in [5.74, 6) is 0.293. The van der Waals surface area contributed by atoms with E-state index < -0.39 is 6.25 Å². The first kappa shape index (κ1) is 9.37. The minimum Gasteiger partial charge on any atom is -0.508 e. The molecular formula is C4H5Cl3OSi. The zero-order valence-electron chi connectivity index (χ0n) is 4.53. The predicted octanol–water partition coefficient (Wildman–Crippen LogP) is 2.85. The Morgan fingerprint density at radius 1 is 1.44 bits per heavy atom. The maximum Gasteiger partial charge on any atom is 0.555 e. The Morgan fingerprint density at radius 2 is 1.89 bits per heavy atom. The zero-order chi connectivity index (χ0) is 7.49. The number of halogens is 3. The van der Waals surface area contributed by atoms with Crippen LogP contribution >= 0.6 is 33.2 Å². The van der Waals surface area contributed by atoms with Gasteiger partial charge in [0.25, 0.3) is 0 Å². The smallest absolute Gasteiger partial charge is 0.508 e. The van der Waals surface area contributed by atoms with Gasteiger partial charge in [-0.1, -0.05) is 46.4 Å². The quantitative estimate of drug-likeness (QED) is 0.297. The lowest BCUT2D eigenvalue weighted by Crippen LogP contribution is -2.14. The predicted molar refractivity (Wildman–Crippen MR) is 43.7 cm³/mol. The molecule has 0 fully saturated rings. The van der Waals surface area contributed by atoms with Gasteiger partial charge in [-0.15, -0.1) is 0 Å². The highest BCUT2D eigenvalue weighted by atomic mass is 35.8. The molecule has 0 aliphatic rings. The first-order chi connectivity index (χ1) is 3.95. The Balaban J connectivity index is 3.74. The van der Waals surface area contributed by atoms with Crippen LogP contribution in [0.4, 0.5) is 0 Å². The van der Waals surface area contributed by atoms with Crippen LogP contribution < -0.4 is 0 Å². The van der Waals surface area contributed by atoms with Gasteiger partial charge in [-0.05, 0) is 6.08 Å². The van der Waals surface area contributed by atoms with Gasteiger partial charge in [-0.25, -0.2) is 0 Å². The summed E-state index contributed by atoms with van der Waals surface area (Å²) in [5, 5.41) is 0. The summed E-state index contributed by atoms with van der Waals surface area (Å²) in [5.41, 5.74) is 0. The summed E-state index contributed by atoms with van der Waals surface area (Å²) >= 11 is 16.0. The van der Waals surface area contributed by atoms with Crippen LogP contribution in [-0.4, -0.2) is 6.25 Å². The molecule has 5 heteroatoms. The van der Waals surface area contributed by atoms with Gasteiger partial charge < -0.3 is 4.43 Å². The molecule has 0 amide bonds. The lowest BCUT2D eigenvalue weighted by atomic mass is 10.6. The van der Waals surface area contributed by atoms with E-state index in [0.717, 1.165) is 0 Å². The normalized spacial score (nSPS) is 10.6. The number of allylic oxidation sites excluding steroid dienone is 1. The van der Waals surface area contributed by atoms with Crippen LogP contribution in [0.15, 0.2) is 25.0 Å². The first-order valence-corrected chi connectivity index (χ1v) is 6.97. The van der Waals surface area contributed by atoms with Gasteiger partial charge in [0.1, 0.15) is 0 Å². The van der Waals surface area contributed by atoms with E-state index in [1.54, 1.807) is 0 Å². The van der Waals surface area contributed by atoms with Gasteiger partial charge in [-0.2, -0.15) is 0 Å². The Kier molecular flexibility index (Phi) is 3.66. The number of rotatable bonds is 3. The SMILES string of the molecule is C=CC(=C)O[Si](Cl)(Cl)Cl. The third kappa shape index (κ3) is 6.25. The third-order valence-electron chi connectivity index (χ3n) is 0.474. The molecule has 0 heterocycles. The molecule has 0 saturated carbocycles. The molecule has 0 aromatic carbocycles. The molecule has 0 aliphatic carbocycles. The molecule has 0 radical (unpaired) electrons. The average molecular weight is 204 g/mol. The van der Waals surface area contributed by atoms with Gasteiger partial charge in [0, 0.05) is 0 Å². The van der Waals surface area contributed by atoms with E-state index in [1.165, 1.54) is 6.08 Å². The molecule has 0 atom stereocenters. The molecule has 0 N–H and O–H groups in total. The Morgan fingerprint density at radius 3 is 2.00 bits per heavy atom. The van der Waals surface area contributed by atoms with Gasteiger partial charge in [0.05, 0.1) is 5.76 Å². The maximum atomic E-state index is 5.35. The topological polar surface area (TPSA) is 9.23 Å². The molecule has 1 nitrogen and oxygen atoms in total. The Labute approximate surface area is 69.1 Å². The molecule has 0 spiro atoms. The lowest BCUT2D eigenvalue weighted by Gasteiger charge is -2.09. The van der Waals surface area contributed by atoms with Crippen LogP contribution in [0.5, 0.6) is 0 Å². The minimum atomic E-state index is -3.00. The van der Waals surface area contributed by atoms with Gasteiger partial charge in [-0.3, -0.25) is 0 Å². The van der Waals surface area contributed by atoms with E-state index in [0.29, 0.717) is 5.76 Å². The van der Waals surface area contributed by atoms with E-state index in [-0.39, 0.29) is 0 Å². The third-order valence-corrected chi connectivity index (χ3v) is 1.66. The molecule has 0 aliphatic heterocycles. The fraction of sp³-hybridized carbons (Fsp3) is 0. The van der Waals surface area contributed by atoms with E-state index >= 15 is 0 Å². The van der Waals surface area contributed by atoms with Crippen molar-refractivity contribution >= 4 is 39.5 Å². The second-order valence-corrected chi connectivity index (χ2v) is 8.85. The fourth-order valence-electron chi connectivity index (χ4n) is 0.190. The Bertz CT molecular complexity index is 128. The van der Waals surface area contributed by atoms with E-state index in [9.17, 15) is 0 Å². The van der Waals surface area contributed by atoms with Crippen LogP contribution in [-0.2, 0) is 4.43 Å². The van der Waals surface area contributed by atoms with Crippen LogP contribution in [0.3, 0.4) is 0 Å². The van der Waals surface area contributed by atoms with Gasteiger partial charge >= 0.3 is 6.25 Å². The van der Waals surface area contributed by atoms with Crippen LogP contribution in [0.25, 0.3) is 0 Å². The Hall–Kier alpha value is 0.367. The second kappa shape index (κ2) is 3.51. The summed E-state index contributed by atoms with van der Waals surface area (Å²) in [6.45, 7) is 6.77. The van der Waals surface area contributed by atoms with E-state index in [1.807, 2.05) is 0 Å². The van der Waals surface area contributed by atoms with Crippen molar-refractivity contribution < 1.29 is 4.43 Å². The highest BCUT2D eigenvalue weighted by molar-refractivity contribution is 7.62. The van der Waals surface area contributed by atoms with Gasteiger partial charge in [0.2, 0.25) is 0 Å². The van der Waals surface area contributed by atoms with Crippen molar-refractivity contribution in [3.8, 4) is 0 Å². The highest BCUT2D eigenvalue weighted by Gasteiger charge is 2.29. The molecule has 0 saturated heterocycles. The van der Waals surface area contributed by atoms with Crippen molar-refractivity contribution in [2.75, 3.05) is 0 Å². The first-order valence-electron chi connectivity index (χ1n) is 2.03. The van der Waals surface area contributed by atoms with Crippen molar-refractivity contribution in [1.82, 2.24) is 0 Å². The minimum absolute atomic E-state index is 0.293. The van der Waals surface area contributed by atoms with Crippen LogP contribution in [0.1, 0.15) is 0 Å². The zero-order valence-corrected chi connectivity index (χ0v) is 7.80. The van der Waals surface area contributed by atoms with Crippen LogP contribution in [0, 0.1) is 0 Å². The van der Waals surface area contributed by atoms with Crippen molar-refractivity contribution in [3.63, 3.8) is 0 Å². The second-order valence-electron chi connectivity index (χ2n) is 1.22. The van der Waals surface area contributed by atoms with Crippen molar-refractivity contribution in [3.05, 3.63) is 25.0 Å². The molecule has 0 rings (SSSR count).